The van der Waals surface area contributed by atoms with E-state index in [-0.39, 0.29) is 12.5 Å². The Hall–Kier alpha value is -1.55. The number of nitrogens with one attached hydrogen (secondary N) is 2. The molecule has 1 atom stereocenters. The van der Waals surface area contributed by atoms with E-state index in [0.717, 1.165) is 30.1 Å². The van der Waals surface area contributed by atoms with Crippen molar-refractivity contribution in [1.29, 1.82) is 0 Å². The van der Waals surface area contributed by atoms with E-state index in [9.17, 15) is 4.79 Å². The second kappa shape index (κ2) is 5.83. The van der Waals surface area contributed by atoms with E-state index in [0.29, 0.717) is 11.3 Å². The van der Waals surface area contributed by atoms with Crippen LogP contribution in [-0.2, 0) is 11.3 Å². The molecule has 110 valence electrons. The zero-order chi connectivity index (χ0) is 14.8. The number of carbonyl (C=O) groups excluding carboxylic acids is 1. The summed E-state index contributed by atoms with van der Waals surface area (Å²) in [6, 6.07) is 5.92. The third-order valence-corrected chi connectivity index (χ3v) is 3.93. The van der Waals surface area contributed by atoms with Crippen LogP contribution in [0.1, 0.15) is 33.3 Å². The van der Waals surface area contributed by atoms with Crippen LogP contribution in [0.15, 0.2) is 18.2 Å². The van der Waals surface area contributed by atoms with Crippen LogP contribution in [-0.4, -0.2) is 19.1 Å². The molecular weight excluding hydrogens is 252 g/mol. The largest absolute Gasteiger partial charge is 0.482 e. The fourth-order valence-electron chi connectivity index (χ4n) is 1.98. The molecule has 0 radical (unpaired) electrons. The van der Waals surface area contributed by atoms with Crippen molar-refractivity contribution >= 4 is 11.6 Å². The summed E-state index contributed by atoms with van der Waals surface area (Å²) in [5, 5.41) is 6.30. The van der Waals surface area contributed by atoms with Crippen molar-refractivity contribution in [2.24, 2.45) is 11.3 Å². The van der Waals surface area contributed by atoms with Crippen LogP contribution in [0.25, 0.3) is 0 Å². The van der Waals surface area contributed by atoms with Gasteiger partial charge in [-0.15, -0.1) is 0 Å². The molecule has 0 fully saturated rings. The SMILES string of the molecule is CC(CNCc1ccc2c(c1)NC(=O)CO2)C(C)(C)C. The van der Waals surface area contributed by atoms with Crippen LogP contribution >= 0.6 is 0 Å². The average Bonchev–Trinajstić information content (AvgIpc) is 2.37. The summed E-state index contributed by atoms with van der Waals surface area (Å²) in [7, 11) is 0. The van der Waals surface area contributed by atoms with Gasteiger partial charge in [0.05, 0.1) is 5.69 Å². The Balaban J connectivity index is 1.91. The minimum absolute atomic E-state index is 0.0936. The lowest BCUT2D eigenvalue weighted by atomic mass is 9.82. The monoisotopic (exact) mass is 276 g/mol. The molecule has 4 heteroatoms. The van der Waals surface area contributed by atoms with Gasteiger partial charge in [-0.1, -0.05) is 33.8 Å². The molecule has 1 aliphatic rings. The number of rotatable bonds is 4. The van der Waals surface area contributed by atoms with E-state index in [4.69, 9.17) is 4.74 Å². The van der Waals surface area contributed by atoms with E-state index in [1.807, 2.05) is 18.2 Å². The van der Waals surface area contributed by atoms with Crippen LogP contribution in [0.4, 0.5) is 5.69 Å². The molecule has 0 saturated carbocycles. The van der Waals surface area contributed by atoms with Crippen molar-refractivity contribution in [3.63, 3.8) is 0 Å². The first-order valence-electron chi connectivity index (χ1n) is 7.12. The molecule has 0 aliphatic carbocycles. The van der Waals surface area contributed by atoms with Crippen molar-refractivity contribution in [1.82, 2.24) is 5.32 Å². The van der Waals surface area contributed by atoms with Gasteiger partial charge in [0.1, 0.15) is 5.75 Å². The van der Waals surface area contributed by atoms with E-state index < -0.39 is 0 Å². The predicted octanol–water partition coefficient (Wildman–Crippen LogP) is 2.79. The van der Waals surface area contributed by atoms with Crippen LogP contribution in [0.3, 0.4) is 0 Å². The molecule has 2 N–H and O–H groups in total. The topological polar surface area (TPSA) is 50.4 Å². The van der Waals surface area contributed by atoms with Gasteiger partial charge in [-0.25, -0.2) is 0 Å². The first kappa shape index (κ1) is 14.9. The van der Waals surface area contributed by atoms with Crippen molar-refractivity contribution in [2.45, 2.75) is 34.2 Å². The van der Waals surface area contributed by atoms with Crippen LogP contribution < -0.4 is 15.4 Å². The summed E-state index contributed by atoms with van der Waals surface area (Å²) in [5.41, 5.74) is 2.23. The molecule has 1 amide bonds. The molecule has 2 rings (SSSR count). The molecule has 0 aromatic heterocycles. The van der Waals surface area contributed by atoms with Crippen LogP contribution in [0.2, 0.25) is 0 Å². The lowest BCUT2D eigenvalue weighted by molar-refractivity contribution is -0.118. The smallest absolute Gasteiger partial charge is 0.262 e. The Bertz CT molecular complexity index is 492. The van der Waals surface area contributed by atoms with E-state index in [1.54, 1.807) is 0 Å². The zero-order valence-corrected chi connectivity index (χ0v) is 12.7. The number of anilines is 1. The molecule has 0 bridgehead atoms. The maximum atomic E-state index is 11.3. The van der Waals surface area contributed by atoms with Gasteiger partial charge < -0.3 is 15.4 Å². The van der Waals surface area contributed by atoms with E-state index in [2.05, 4.69) is 38.3 Å². The summed E-state index contributed by atoms with van der Waals surface area (Å²) in [6.07, 6.45) is 0. The number of amides is 1. The first-order valence-corrected chi connectivity index (χ1v) is 7.12. The highest BCUT2D eigenvalue weighted by atomic mass is 16.5. The lowest BCUT2D eigenvalue weighted by Crippen LogP contribution is -2.29. The predicted molar refractivity (Wildman–Crippen MR) is 80.9 cm³/mol. The van der Waals surface area contributed by atoms with Gasteiger partial charge in [0.2, 0.25) is 0 Å². The number of hydrogen-bond acceptors (Lipinski definition) is 3. The molecule has 1 heterocycles. The summed E-state index contributed by atoms with van der Waals surface area (Å²) in [4.78, 5) is 11.3. The Morgan fingerprint density at radius 1 is 1.40 bits per heavy atom. The Morgan fingerprint density at radius 3 is 2.85 bits per heavy atom. The molecular formula is C16H24N2O2. The summed E-state index contributed by atoms with van der Waals surface area (Å²) < 4.78 is 5.35. The maximum Gasteiger partial charge on any atom is 0.262 e. The van der Waals surface area contributed by atoms with Gasteiger partial charge in [0.15, 0.2) is 6.61 Å². The molecule has 1 unspecified atom stereocenters. The number of ether oxygens (including phenoxy) is 1. The molecule has 20 heavy (non-hydrogen) atoms. The standard InChI is InChI=1S/C16H24N2O2/c1-11(16(2,3)4)8-17-9-12-5-6-14-13(7-12)18-15(19)10-20-14/h5-7,11,17H,8-10H2,1-4H3,(H,18,19). The quantitative estimate of drug-likeness (QED) is 0.889. The van der Waals surface area contributed by atoms with Gasteiger partial charge in [0, 0.05) is 6.54 Å². The number of carbonyl (C=O) groups is 1. The molecule has 1 aromatic carbocycles. The van der Waals surface area contributed by atoms with Crippen LogP contribution in [0, 0.1) is 11.3 Å². The lowest BCUT2D eigenvalue weighted by Gasteiger charge is -2.27. The third-order valence-electron chi connectivity index (χ3n) is 3.93. The highest BCUT2D eigenvalue weighted by Crippen LogP contribution is 2.28. The molecule has 1 aliphatic heterocycles. The molecule has 4 nitrogen and oxygen atoms in total. The Morgan fingerprint density at radius 2 is 2.15 bits per heavy atom. The molecule has 0 spiro atoms. The van der Waals surface area contributed by atoms with Crippen LogP contribution in [0.5, 0.6) is 5.75 Å². The summed E-state index contributed by atoms with van der Waals surface area (Å²) in [5.74, 6) is 1.25. The Labute approximate surface area is 120 Å². The van der Waals surface area contributed by atoms with Crippen molar-refractivity contribution in [3.05, 3.63) is 23.8 Å². The number of benzene rings is 1. The minimum atomic E-state index is -0.0936. The number of fused-ring (bicyclic) bond motifs is 1. The second-order valence-electron chi connectivity index (χ2n) is 6.57. The minimum Gasteiger partial charge on any atom is -0.482 e. The highest BCUT2D eigenvalue weighted by Gasteiger charge is 2.19. The average molecular weight is 276 g/mol. The first-order chi connectivity index (χ1) is 9.36. The molecule has 0 saturated heterocycles. The van der Waals surface area contributed by atoms with Gasteiger partial charge >= 0.3 is 0 Å². The molecule has 1 aromatic rings. The van der Waals surface area contributed by atoms with Crippen molar-refractivity contribution in [2.75, 3.05) is 18.5 Å². The van der Waals surface area contributed by atoms with Gasteiger partial charge in [-0.2, -0.15) is 0 Å². The maximum absolute atomic E-state index is 11.3. The fraction of sp³-hybridized carbons (Fsp3) is 0.562. The van der Waals surface area contributed by atoms with E-state index in [1.165, 1.54) is 0 Å². The van der Waals surface area contributed by atoms with Crippen molar-refractivity contribution < 1.29 is 9.53 Å². The fourth-order valence-corrected chi connectivity index (χ4v) is 1.98. The third kappa shape index (κ3) is 3.73. The second-order valence-corrected chi connectivity index (χ2v) is 6.57. The van der Waals surface area contributed by atoms with Gasteiger partial charge in [-0.3, -0.25) is 4.79 Å². The normalized spacial score (nSPS) is 16.1. The van der Waals surface area contributed by atoms with Gasteiger partial charge in [-0.05, 0) is 35.6 Å². The van der Waals surface area contributed by atoms with Crippen molar-refractivity contribution in [3.8, 4) is 5.75 Å². The summed E-state index contributed by atoms with van der Waals surface area (Å²) in [6.45, 7) is 10.9. The van der Waals surface area contributed by atoms with Gasteiger partial charge in [0.25, 0.3) is 5.91 Å². The number of hydrogen-bond donors (Lipinski definition) is 2. The highest BCUT2D eigenvalue weighted by molar-refractivity contribution is 5.95. The Kier molecular flexibility index (Phi) is 4.33. The summed E-state index contributed by atoms with van der Waals surface area (Å²) >= 11 is 0. The zero-order valence-electron chi connectivity index (χ0n) is 12.7. The van der Waals surface area contributed by atoms with E-state index >= 15 is 0 Å².